The smallest absolute Gasteiger partial charge is 0.227 e. The topological polar surface area (TPSA) is 44.7 Å². The van der Waals surface area contributed by atoms with Gasteiger partial charge in [-0.2, -0.15) is 4.98 Å². The van der Waals surface area contributed by atoms with Crippen molar-refractivity contribution in [3.8, 4) is 0 Å². The summed E-state index contributed by atoms with van der Waals surface area (Å²) in [4.78, 5) is 16.1. The lowest BCUT2D eigenvalue weighted by molar-refractivity contribution is 0.122. The van der Waals surface area contributed by atoms with Gasteiger partial charge >= 0.3 is 0 Å². The van der Waals surface area contributed by atoms with E-state index in [1.807, 2.05) is 30.5 Å². The number of rotatable bonds is 5. The van der Waals surface area contributed by atoms with Crippen molar-refractivity contribution in [3.63, 3.8) is 0 Å². The van der Waals surface area contributed by atoms with Crippen LogP contribution in [0.1, 0.15) is 12.0 Å². The second-order valence-corrected chi connectivity index (χ2v) is 8.18. The highest BCUT2D eigenvalue weighted by molar-refractivity contribution is 6.35. The highest BCUT2D eigenvalue weighted by Crippen LogP contribution is 2.26. The number of hydrogen-bond acceptors (Lipinski definition) is 6. The van der Waals surface area contributed by atoms with E-state index in [1.54, 1.807) is 0 Å². The van der Waals surface area contributed by atoms with E-state index < -0.39 is 0 Å². The summed E-state index contributed by atoms with van der Waals surface area (Å²) in [5.74, 6) is 1.75. The van der Waals surface area contributed by atoms with Crippen molar-refractivity contribution in [2.24, 2.45) is 0 Å². The quantitative estimate of drug-likeness (QED) is 0.737. The maximum absolute atomic E-state index is 6.34. The Morgan fingerprint density at radius 3 is 2.79 bits per heavy atom. The molecule has 1 aromatic heterocycles. The fourth-order valence-corrected chi connectivity index (χ4v) is 4.27. The van der Waals surface area contributed by atoms with Crippen molar-refractivity contribution in [3.05, 3.63) is 46.1 Å². The number of ether oxygens (including phenoxy) is 1. The van der Waals surface area contributed by atoms with Gasteiger partial charge in [0.05, 0.1) is 13.2 Å². The minimum absolute atomic E-state index is 0.415. The summed E-state index contributed by atoms with van der Waals surface area (Å²) in [5.41, 5.74) is 1.12. The van der Waals surface area contributed by atoms with Crippen LogP contribution in [0.15, 0.2) is 30.5 Å². The molecule has 4 rings (SSSR count). The molecule has 3 heterocycles. The van der Waals surface area contributed by atoms with Crippen LogP contribution in [0.25, 0.3) is 0 Å². The molecule has 2 fully saturated rings. The molecule has 0 bridgehead atoms. The maximum atomic E-state index is 6.34. The molecular weight excluding hydrogens is 397 g/mol. The molecule has 0 spiro atoms. The molecule has 1 unspecified atom stereocenters. The first kappa shape index (κ1) is 19.7. The summed E-state index contributed by atoms with van der Waals surface area (Å²) in [5, 5.41) is 1.41. The van der Waals surface area contributed by atoms with Gasteiger partial charge in [-0.25, -0.2) is 4.98 Å². The van der Waals surface area contributed by atoms with Gasteiger partial charge in [-0.3, -0.25) is 4.90 Å². The number of benzene rings is 1. The lowest BCUT2D eigenvalue weighted by Gasteiger charge is -2.29. The Bertz CT molecular complexity index is 815. The second kappa shape index (κ2) is 8.82. The van der Waals surface area contributed by atoms with Crippen molar-refractivity contribution in [2.75, 3.05) is 56.2 Å². The normalized spacial score (nSPS) is 20.5. The maximum Gasteiger partial charge on any atom is 0.227 e. The largest absolute Gasteiger partial charge is 0.378 e. The van der Waals surface area contributed by atoms with E-state index in [2.05, 4.69) is 26.7 Å². The minimum Gasteiger partial charge on any atom is -0.378 e. The van der Waals surface area contributed by atoms with Gasteiger partial charge in [0.15, 0.2) is 0 Å². The third-order valence-corrected chi connectivity index (χ3v) is 6.07. The Kier molecular flexibility index (Phi) is 6.21. The van der Waals surface area contributed by atoms with Crippen molar-refractivity contribution in [1.29, 1.82) is 0 Å². The zero-order chi connectivity index (χ0) is 19.5. The van der Waals surface area contributed by atoms with Crippen LogP contribution in [0.4, 0.5) is 11.8 Å². The average molecular weight is 422 g/mol. The van der Waals surface area contributed by atoms with E-state index in [4.69, 9.17) is 32.9 Å². The van der Waals surface area contributed by atoms with E-state index in [9.17, 15) is 0 Å². The van der Waals surface area contributed by atoms with Crippen LogP contribution < -0.4 is 9.80 Å². The molecular formula is C20H25Cl2N5O. The summed E-state index contributed by atoms with van der Waals surface area (Å²) in [6.07, 6.45) is 2.95. The molecule has 2 aromatic rings. The fraction of sp³-hybridized carbons (Fsp3) is 0.500. The highest BCUT2D eigenvalue weighted by Gasteiger charge is 2.27. The van der Waals surface area contributed by atoms with E-state index in [0.717, 1.165) is 74.7 Å². The number of anilines is 2. The van der Waals surface area contributed by atoms with Crippen molar-refractivity contribution in [1.82, 2.24) is 14.9 Å². The molecule has 28 heavy (non-hydrogen) atoms. The lowest BCUT2D eigenvalue weighted by atomic mass is 10.2. The van der Waals surface area contributed by atoms with Crippen LogP contribution in [0.5, 0.6) is 0 Å². The molecule has 0 N–H and O–H groups in total. The first-order valence-electron chi connectivity index (χ1n) is 9.65. The Balaban J connectivity index is 1.39. The van der Waals surface area contributed by atoms with Crippen LogP contribution in [-0.4, -0.2) is 67.4 Å². The Hall–Kier alpha value is -1.60. The Morgan fingerprint density at radius 1 is 1.18 bits per heavy atom. The third kappa shape index (κ3) is 4.51. The fourth-order valence-electron chi connectivity index (χ4n) is 3.80. The standard InChI is InChI=1S/C20H25Cl2N5O/c1-25(19-4-6-23-20(24-19)27-8-10-28-11-9-27)17-5-7-26(14-17)13-15-2-3-16(21)12-18(15)22/h2-4,6,12,17H,5,7-11,13-14H2,1H3. The molecule has 0 amide bonds. The molecule has 1 aromatic carbocycles. The molecule has 8 heteroatoms. The van der Waals surface area contributed by atoms with E-state index in [1.165, 1.54) is 0 Å². The first-order chi connectivity index (χ1) is 13.6. The predicted octanol–water partition coefficient (Wildman–Crippen LogP) is 3.33. The second-order valence-electron chi connectivity index (χ2n) is 7.34. The van der Waals surface area contributed by atoms with Gasteiger partial charge in [-0.1, -0.05) is 29.3 Å². The van der Waals surface area contributed by atoms with Gasteiger partial charge in [-0.15, -0.1) is 0 Å². The van der Waals surface area contributed by atoms with Crippen LogP contribution in [0, 0.1) is 0 Å². The molecule has 2 aliphatic rings. The SMILES string of the molecule is CN(c1ccnc(N2CCOCC2)n1)C1CCN(Cc2ccc(Cl)cc2Cl)C1. The summed E-state index contributed by atoms with van der Waals surface area (Å²) < 4.78 is 5.43. The number of halogens is 2. The first-order valence-corrected chi connectivity index (χ1v) is 10.4. The van der Waals surface area contributed by atoms with Crippen molar-refractivity contribution >= 4 is 35.0 Å². The van der Waals surface area contributed by atoms with Gasteiger partial charge in [0.1, 0.15) is 5.82 Å². The van der Waals surface area contributed by atoms with Crippen molar-refractivity contribution in [2.45, 2.75) is 19.0 Å². The number of hydrogen-bond donors (Lipinski definition) is 0. The molecule has 2 saturated heterocycles. The molecule has 2 aliphatic heterocycles. The number of nitrogens with zero attached hydrogens (tertiary/aromatic N) is 5. The van der Waals surface area contributed by atoms with E-state index in [-0.39, 0.29) is 0 Å². The Morgan fingerprint density at radius 2 is 2.00 bits per heavy atom. The van der Waals surface area contributed by atoms with Crippen molar-refractivity contribution < 1.29 is 4.74 Å². The van der Waals surface area contributed by atoms with Crippen LogP contribution in [0.2, 0.25) is 10.0 Å². The van der Waals surface area contributed by atoms with Gasteiger partial charge in [-0.05, 0) is 30.2 Å². The third-order valence-electron chi connectivity index (χ3n) is 5.49. The summed E-state index contributed by atoms with van der Waals surface area (Å²) in [6, 6.07) is 8.13. The number of morpholine rings is 1. The predicted molar refractivity (Wildman–Crippen MR) is 114 cm³/mol. The zero-order valence-electron chi connectivity index (χ0n) is 16.0. The van der Waals surface area contributed by atoms with Crippen LogP contribution in [0.3, 0.4) is 0 Å². The highest BCUT2D eigenvalue weighted by atomic mass is 35.5. The number of aromatic nitrogens is 2. The lowest BCUT2D eigenvalue weighted by Crippen LogP contribution is -2.38. The number of likely N-dealkylation sites (N-methyl/N-ethyl adjacent to an activating group) is 1. The molecule has 6 nitrogen and oxygen atoms in total. The van der Waals surface area contributed by atoms with Gasteiger partial charge in [0, 0.05) is 62.1 Å². The monoisotopic (exact) mass is 421 g/mol. The average Bonchev–Trinajstić information content (AvgIpc) is 3.19. The van der Waals surface area contributed by atoms with Gasteiger partial charge < -0.3 is 14.5 Å². The van der Waals surface area contributed by atoms with Gasteiger partial charge in [0.2, 0.25) is 5.95 Å². The Labute approximate surface area is 176 Å². The van der Waals surface area contributed by atoms with E-state index >= 15 is 0 Å². The summed E-state index contributed by atoms with van der Waals surface area (Å²) in [6.45, 7) is 5.99. The number of likely N-dealkylation sites (tertiary alicyclic amines) is 1. The molecule has 0 radical (unpaired) electrons. The minimum atomic E-state index is 0.415. The van der Waals surface area contributed by atoms with Crippen LogP contribution >= 0.6 is 23.2 Å². The summed E-state index contributed by atoms with van der Waals surface area (Å²) >= 11 is 12.3. The molecule has 0 aliphatic carbocycles. The van der Waals surface area contributed by atoms with Gasteiger partial charge in [0.25, 0.3) is 0 Å². The molecule has 1 atom stereocenters. The molecule has 150 valence electrons. The molecule has 0 saturated carbocycles. The van der Waals surface area contributed by atoms with Crippen LogP contribution in [-0.2, 0) is 11.3 Å². The zero-order valence-corrected chi connectivity index (χ0v) is 17.5. The van der Waals surface area contributed by atoms with E-state index in [0.29, 0.717) is 11.1 Å². The summed E-state index contributed by atoms with van der Waals surface area (Å²) in [7, 11) is 2.12.